The van der Waals surface area contributed by atoms with Crippen LogP contribution in [-0.4, -0.2) is 28.8 Å². The van der Waals surface area contributed by atoms with Crippen molar-refractivity contribution in [2.24, 2.45) is 0 Å². The summed E-state index contributed by atoms with van der Waals surface area (Å²) in [5.41, 5.74) is 3.42. The van der Waals surface area contributed by atoms with Crippen molar-refractivity contribution in [3.05, 3.63) is 68.1 Å². The van der Waals surface area contributed by atoms with Gasteiger partial charge in [0.15, 0.2) is 15.9 Å². The van der Waals surface area contributed by atoms with E-state index in [1.54, 1.807) is 11.3 Å². The standard InChI is InChI=1S/C22H19F2N3OS2/c23-16-4-2-5-17(24)14(16)11-19(28)21-26-18-6-1-3-13-7-9-27(22-25-8-10-29-22)12-15(13)20(18)30-21/h2,4-5,8,10H,1,3,6-7,9,11-12H2. The third-order valence-corrected chi connectivity index (χ3v) is 7.68. The number of aryl methyl sites for hydroxylation is 1. The molecule has 0 N–H and O–H groups in total. The van der Waals surface area contributed by atoms with Gasteiger partial charge in [-0.25, -0.2) is 18.7 Å². The minimum absolute atomic E-state index is 0.194. The molecule has 30 heavy (non-hydrogen) atoms. The van der Waals surface area contributed by atoms with Crippen LogP contribution in [0, 0.1) is 11.6 Å². The zero-order valence-electron chi connectivity index (χ0n) is 16.2. The van der Waals surface area contributed by atoms with Crippen molar-refractivity contribution in [1.82, 2.24) is 9.97 Å². The first-order valence-corrected chi connectivity index (χ1v) is 11.6. The number of aromatic nitrogens is 2. The van der Waals surface area contributed by atoms with Gasteiger partial charge in [-0.2, -0.15) is 0 Å². The summed E-state index contributed by atoms with van der Waals surface area (Å²) in [6.45, 7) is 1.70. The van der Waals surface area contributed by atoms with Crippen LogP contribution in [-0.2, 0) is 12.8 Å². The van der Waals surface area contributed by atoms with Gasteiger partial charge in [0.25, 0.3) is 0 Å². The molecule has 0 unspecified atom stereocenters. The van der Waals surface area contributed by atoms with E-state index in [1.165, 1.54) is 40.7 Å². The largest absolute Gasteiger partial charge is 0.343 e. The molecule has 0 fully saturated rings. The van der Waals surface area contributed by atoms with Crippen LogP contribution in [0.15, 0.2) is 35.3 Å². The number of thiazole rings is 2. The Morgan fingerprint density at radius 1 is 1.17 bits per heavy atom. The first-order valence-electron chi connectivity index (χ1n) is 9.91. The molecule has 1 aliphatic carbocycles. The summed E-state index contributed by atoms with van der Waals surface area (Å²) in [4.78, 5) is 25.2. The predicted molar refractivity (Wildman–Crippen MR) is 115 cm³/mol. The fourth-order valence-electron chi connectivity index (χ4n) is 4.13. The summed E-state index contributed by atoms with van der Waals surface area (Å²) in [7, 11) is 0. The molecule has 1 aromatic carbocycles. The number of hydrogen-bond acceptors (Lipinski definition) is 6. The van der Waals surface area contributed by atoms with Crippen molar-refractivity contribution in [2.45, 2.75) is 32.1 Å². The molecule has 0 spiro atoms. The quantitative estimate of drug-likeness (QED) is 0.513. The lowest BCUT2D eigenvalue weighted by Crippen LogP contribution is -2.30. The van der Waals surface area contributed by atoms with Crippen LogP contribution in [0.5, 0.6) is 0 Å². The molecule has 2 aromatic heterocycles. The Bertz CT molecular complexity index is 1120. The van der Waals surface area contributed by atoms with E-state index in [-0.39, 0.29) is 17.8 Å². The summed E-state index contributed by atoms with van der Waals surface area (Å²) in [5.74, 6) is -1.73. The molecule has 0 radical (unpaired) electrons. The van der Waals surface area contributed by atoms with Gasteiger partial charge in [-0.1, -0.05) is 11.6 Å². The summed E-state index contributed by atoms with van der Waals surface area (Å²) >= 11 is 2.99. The molecule has 0 atom stereocenters. The summed E-state index contributed by atoms with van der Waals surface area (Å²) in [5, 5.41) is 3.31. The van der Waals surface area contributed by atoms with Gasteiger partial charge in [0.05, 0.1) is 10.6 Å². The average molecular weight is 444 g/mol. The molecule has 0 saturated carbocycles. The summed E-state index contributed by atoms with van der Waals surface area (Å²) in [6.07, 6.45) is 5.35. The molecular formula is C22H19F2N3OS2. The van der Waals surface area contributed by atoms with Gasteiger partial charge in [-0.15, -0.1) is 22.7 Å². The minimum Gasteiger partial charge on any atom is -0.343 e. The number of benzene rings is 1. The molecule has 8 heteroatoms. The number of anilines is 1. The monoisotopic (exact) mass is 443 g/mol. The second-order valence-electron chi connectivity index (χ2n) is 7.52. The van der Waals surface area contributed by atoms with Crippen LogP contribution in [0.1, 0.15) is 45.2 Å². The van der Waals surface area contributed by atoms with Gasteiger partial charge in [0.2, 0.25) is 0 Å². The average Bonchev–Trinajstić information content (AvgIpc) is 3.39. The van der Waals surface area contributed by atoms with Crippen molar-refractivity contribution in [3.63, 3.8) is 0 Å². The van der Waals surface area contributed by atoms with Crippen molar-refractivity contribution in [1.29, 1.82) is 0 Å². The second-order valence-corrected chi connectivity index (χ2v) is 9.39. The molecule has 154 valence electrons. The Balaban J connectivity index is 1.45. The van der Waals surface area contributed by atoms with Crippen LogP contribution < -0.4 is 4.90 Å². The zero-order chi connectivity index (χ0) is 20.7. The van der Waals surface area contributed by atoms with Crippen LogP contribution in [0.25, 0.3) is 5.57 Å². The zero-order valence-corrected chi connectivity index (χ0v) is 17.8. The van der Waals surface area contributed by atoms with E-state index >= 15 is 0 Å². The lowest BCUT2D eigenvalue weighted by Gasteiger charge is -2.30. The molecule has 0 amide bonds. The lowest BCUT2D eigenvalue weighted by atomic mass is 9.97. The van der Waals surface area contributed by atoms with Gasteiger partial charge in [-0.3, -0.25) is 4.79 Å². The van der Waals surface area contributed by atoms with Gasteiger partial charge < -0.3 is 4.90 Å². The Morgan fingerprint density at radius 3 is 2.77 bits per heavy atom. The Labute approximate surface area is 180 Å². The van der Waals surface area contributed by atoms with E-state index in [0.29, 0.717) is 5.01 Å². The van der Waals surface area contributed by atoms with Gasteiger partial charge in [0, 0.05) is 36.7 Å². The van der Waals surface area contributed by atoms with Crippen LogP contribution in [0.2, 0.25) is 0 Å². The Morgan fingerprint density at radius 2 is 2.00 bits per heavy atom. The number of hydrogen-bond donors (Lipinski definition) is 0. The number of Topliss-reactive ketones (excluding diaryl/α,β-unsaturated/α-hetero) is 1. The molecule has 2 aliphatic rings. The number of carbonyl (C=O) groups is 1. The lowest BCUT2D eigenvalue weighted by molar-refractivity contribution is 0.0990. The van der Waals surface area contributed by atoms with Gasteiger partial charge in [-0.05, 0) is 43.4 Å². The Kier molecular flexibility index (Phi) is 5.20. The van der Waals surface area contributed by atoms with Crippen LogP contribution >= 0.6 is 22.7 Å². The van der Waals surface area contributed by atoms with Crippen LogP contribution in [0.4, 0.5) is 13.9 Å². The topological polar surface area (TPSA) is 46.1 Å². The molecule has 3 heterocycles. The highest BCUT2D eigenvalue weighted by atomic mass is 32.1. The van der Waals surface area contributed by atoms with Crippen molar-refractivity contribution in [3.8, 4) is 0 Å². The second kappa shape index (κ2) is 8.00. The summed E-state index contributed by atoms with van der Waals surface area (Å²) < 4.78 is 28.0. The third kappa shape index (κ3) is 3.58. The third-order valence-electron chi connectivity index (χ3n) is 5.65. The molecule has 3 aromatic rings. The smallest absolute Gasteiger partial charge is 0.195 e. The maximum absolute atomic E-state index is 14.0. The van der Waals surface area contributed by atoms with E-state index in [2.05, 4.69) is 14.9 Å². The summed E-state index contributed by atoms with van der Waals surface area (Å²) in [6, 6.07) is 3.65. The number of rotatable bonds is 4. The number of carbonyl (C=O) groups excluding carboxylic acids is 1. The maximum Gasteiger partial charge on any atom is 0.195 e. The van der Waals surface area contributed by atoms with E-state index in [4.69, 9.17) is 0 Å². The number of halogens is 2. The van der Waals surface area contributed by atoms with E-state index in [1.807, 2.05) is 11.6 Å². The number of nitrogens with zero attached hydrogens (tertiary/aromatic N) is 3. The Hall–Kier alpha value is -2.45. The predicted octanol–water partition coefficient (Wildman–Crippen LogP) is 5.30. The first-order chi connectivity index (χ1) is 14.6. The van der Waals surface area contributed by atoms with Gasteiger partial charge >= 0.3 is 0 Å². The highest BCUT2D eigenvalue weighted by Gasteiger charge is 2.29. The number of ketones is 1. The normalized spacial score (nSPS) is 16.3. The number of fused-ring (bicyclic) bond motifs is 2. The SMILES string of the molecule is O=C(Cc1c(F)cccc1F)c1nc2c(s1)C1=C(CCC2)CCN(c2nccs2)C1. The van der Waals surface area contributed by atoms with E-state index < -0.39 is 11.6 Å². The fraction of sp³-hybridized carbons (Fsp3) is 0.318. The first kappa shape index (κ1) is 19.5. The molecule has 1 aliphatic heterocycles. The highest BCUT2D eigenvalue weighted by molar-refractivity contribution is 7.15. The van der Waals surface area contributed by atoms with E-state index in [0.717, 1.165) is 54.5 Å². The highest BCUT2D eigenvalue weighted by Crippen LogP contribution is 2.39. The van der Waals surface area contributed by atoms with Crippen molar-refractivity contribution >= 4 is 39.2 Å². The van der Waals surface area contributed by atoms with Crippen molar-refractivity contribution in [2.75, 3.05) is 18.0 Å². The van der Waals surface area contributed by atoms with Crippen LogP contribution in [0.3, 0.4) is 0 Å². The minimum atomic E-state index is -0.696. The molecule has 0 bridgehead atoms. The molecule has 0 saturated heterocycles. The maximum atomic E-state index is 14.0. The molecule has 5 rings (SSSR count). The van der Waals surface area contributed by atoms with E-state index in [9.17, 15) is 13.6 Å². The van der Waals surface area contributed by atoms with Gasteiger partial charge in [0.1, 0.15) is 11.6 Å². The molecule has 4 nitrogen and oxygen atoms in total. The fourth-order valence-corrected chi connectivity index (χ4v) is 5.93. The molecular weight excluding hydrogens is 424 g/mol. The van der Waals surface area contributed by atoms with Crippen molar-refractivity contribution < 1.29 is 13.6 Å².